The molecule has 0 atom stereocenters. The van der Waals surface area contributed by atoms with Crippen LogP contribution in [0.1, 0.15) is 91.4 Å². The Bertz CT molecular complexity index is 1570. The molecule has 2 N–H and O–H groups in total. The molecule has 9 rings (SSSR count). The molecule has 11 heteroatoms. The molecule has 1 saturated heterocycles. The third kappa shape index (κ3) is 4.51. The Labute approximate surface area is 259 Å². The molecule has 2 aliphatic heterocycles. The average molecular weight is 623 g/mol. The lowest BCUT2D eigenvalue weighted by atomic mass is 9.48. The van der Waals surface area contributed by atoms with Crippen molar-refractivity contribution in [3.8, 4) is 0 Å². The van der Waals surface area contributed by atoms with Gasteiger partial charge in [-0.25, -0.2) is 14.8 Å². The van der Waals surface area contributed by atoms with Crippen LogP contribution in [-0.2, 0) is 21.1 Å². The van der Waals surface area contributed by atoms with Crippen LogP contribution in [0.15, 0.2) is 30.5 Å². The lowest BCUT2D eigenvalue weighted by molar-refractivity contribution is -0.163. The fourth-order valence-electron chi connectivity index (χ4n) is 9.84. The highest BCUT2D eigenvalue weighted by Crippen LogP contribution is 2.58. The zero-order valence-corrected chi connectivity index (χ0v) is 25.0. The van der Waals surface area contributed by atoms with Crippen molar-refractivity contribution in [1.29, 1.82) is 0 Å². The lowest BCUT2D eigenvalue weighted by Crippen LogP contribution is -2.70. The van der Waals surface area contributed by atoms with E-state index in [0.29, 0.717) is 57.3 Å². The van der Waals surface area contributed by atoms with E-state index in [1.54, 1.807) is 4.90 Å². The molecular weight excluding hydrogens is 585 g/mol. The molecule has 1 aromatic carbocycles. The van der Waals surface area contributed by atoms with Gasteiger partial charge < -0.3 is 20.1 Å². The maximum Gasteiger partial charge on any atom is 0.434 e. The Morgan fingerprint density at radius 2 is 1.76 bits per heavy atom. The van der Waals surface area contributed by atoms with Gasteiger partial charge in [-0.05, 0) is 117 Å². The number of carboxylic acid groups (broad SMARTS) is 1. The van der Waals surface area contributed by atoms with Crippen molar-refractivity contribution in [2.45, 2.75) is 81.3 Å². The van der Waals surface area contributed by atoms with Crippen molar-refractivity contribution in [2.75, 3.05) is 24.7 Å². The van der Waals surface area contributed by atoms with Crippen molar-refractivity contribution >= 4 is 29.1 Å². The number of amides is 1. The van der Waals surface area contributed by atoms with Gasteiger partial charge in [0.15, 0.2) is 5.69 Å². The largest absolute Gasteiger partial charge is 0.479 e. The van der Waals surface area contributed by atoms with Crippen LogP contribution in [-0.4, -0.2) is 52.2 Å². The van der Waals surface area contributed by atoms with E-state index in [2.05, 4.69) is 27.4 Å². The van der Waals surface area contributed by atoms with Crippen molar-refractivity contribution in [3.05, 3.63) is 52.9 Å². The predicted octanol–water partition coefficient (Wildman–Crippen LogP) is 6.27. The molecule has 238 valence electrons. The van der Waals surface area contributed by atoms with E-state index in [4.69, 9.17) is 4.74 Å². The van der Waals surface area contributed by atoms with Gasteiger partial charge >= 0.3 is 12.1 Å². The summed E-state index contributed by atoms with van der Waals surface area (Å²) in [5.74, 6) is -2.14. The highest BCUT2D eigenvalue weighted by Gasteiger charge is 2.62. The molecule has 2 aromatic rings. The molecule has 3 heterocycles. The Morgan fingerprint density at radius 3 is 2.38 bits per heavy atom. The van der Waals surface area contributed by atoms with Crippen molar-refractivity contribution in [1.82, 2.24) is 15.3 Å². The molecule has 4 bridgehead atoms. The summed E-state index contributed by atoms with van der Waals surface area (Å²) in [6, 6.07) is 6.15. The number of aliphatic carboxylic acids is 1. The Morgan fingerprint density at radius 1 is 1.04 bits per heavy atom. The quantitative estimate of drug-likeness (QED) is 0.405. The summed E-state index contributed by atoms with van der Waals surface area (Å²) < 4.78 is 49.6. The molecule has 45 heavy (non-hydrogen) atoms. The first-order chi connectivity index (χ1) is 21.6. The molecule has 8 nitrogen and oxygen atoms in total. The Balaban J connectivity index is 1.15. The molecule has 1 spiro atoms. The first-order valence-electron chi connectivity index (χ1n) is 16.3. The number of hydrogen-bond donors (Lipinski definition) is 2. The number of aromatic nitrogens is 2. The topological polar surface area (TPSA) is 105 Å². The van der Waals surface area contributed by atoms with Crippen LogP contribution in [0.2, 0.25) is 0 Å². The van der Waals surface area contributed by atoms with Crippen molar-refractivity contribution in [3.63, 3.8) is 0 Å². The summed E-state index contributed by atoms with van der Waals surface area (Å²) in [6.45, 7) is 1.52. The molecule has 0 unspecified atom stereocenters. The third-order valence-electron chi connectivity index (χ3n) is 11.8. The van der Waals surface area contributed by atoms with Crippen LogP contribution in [0.25, 0.3) is 5.57 Å². The maximum atomic E-state index is 14.6. The van der Waals surface area contributed by atoms with Crippen molar-refractivity contribution in [2.24, 2.45) is 23.7 Å². The highest BCUT2D eigenvalue weighted by molar-refractivity contribution is 5.99. The van der Waals surface area contributed by atoms with Gasteiger partial charge in [0.25, 0.3) is 5.91 Å². The van der Waals surface area contributed by atoms with Gasteiger partial charge in [0.1, 0.15) is 5.54 Å². The van der Waals surface area contributed by atoms with Gasteiger partial charge in [0.2, 0.25) is 5.95 Å². The number of carboxylic acids is 1. The van der Waals surface area contributed by atoms with Gasteiger partial charge in [-0.1, -0.05) is 12.1 Å². The van der Waals surface area contributed by atoms with Gasteiger partial charge in [-0.3, -0.25) is 4.79 Å². The van der Waals surface area contributed by atoms with Gasteiger partial charge in [-0.2, -0.15) is 13.2 Å². The van der Waals surface area contributed by atoms with Gasteiger partial charge in [0, 0.05) is 37.1 Å². The molecule has 5 aliphatic carbocycles. The molecular formula is C34H37F3N4O4. The molecule has 1 amide bonds. The molecule has 4 saturated carbocycles. The summed E-state index contributed by atoms with van der Waals surface area (Å²) in [5, 5.41) is 13.1. The standard InChI is InChI=1S/C34H37F3N4O4/c35-34(36,37)28-25(29(42)40-33(30(43)44)23-12-19-11-20(14-23)15-24(33)13-19)17-38-31(39-28)41-18-32(7-9-45-10-8-32)26-16-22(5-6-27(26)41)21-3-1-2-4-21/h3,5-6,16-17,19-20,23-24H,1-2,4,7-15,18H2,(H,40,42)(H,43,44). The first kappa shape index (κ1) is 29.0. The molecule has 0 radical (unpaired) electrons. The van der Waals surface area contributed by atoms with Crippen LogP contribution < -0.4 is 10.2 Å². The van der Waals surface area contributed by atoms with E-state index in [0.717, 1.165) is 61.5 Å². The SMILES string of the molecule is O=C(NC1(C(=O)O)C2CC3CC(C2)CC1C3)c1cnc(N2CC3(CCOCC3)c3cc(C4=CCCC4)ccc32)nc1C(F)(F)F. The normalized spacial score (nSPS) is 31.3. The second-order valence-corrected chi connectivity index (χ2v) is 14.2. The average Bonchev–Trinajstić information content (AvgIpc) is 3.65. The van der Waals surface area contributed by atoms with E-state index in [1.807, 2.05) is 12.1 Å². The summed E-state index contributed by atoms with van der Waals surface area (Å²) in [4.78, 5) is 36.5. The van der Waals surface area contributed by atoms with Crippen LogP contribution in [0.4, 0.5) is 24.8 Å². The number of anilines is 2. The summed E-state index contributed by atoms with van der Waals surface area (Å²) in [7, 11) is 0. The monoisotopic (exact) mass is 622 g/mol. The number of alkyl halides is 3. The zero-order chi connectivity index (χ0) is 31.1. The minimum Gasteiger partial charge on any atom is -0.479 e. The summed E-state index contributed by atoms with van der Waals surface area (Å²) in [6.07, 6.45) is 6.59. The zero-order valence-electron chi connectivity index (χ0n) is 25.0. The number of benzene rings is 1. The van der Waals surface area contributed by atoms with E-state index in [-0.39, 0.29) is 23.2 Å². The first-order valence-corrected chi connectivity index (χ1v) is 16.3. The maximum absolute atomic E-state index is 14.6. The minimum absolute atomic E-state index is 0.126. The van der Waals surface area contributed by atoms with E-state index < -0.39 is 34.8 Å². The number of rotatable bonds is 5. The van der Waals surface area contributed by atoms with Crippen LogP contribution in [0, 0.1) is 23.7 Å². The number of fused-ring (bicyclic) bond motifs is 2. The number of nitrogens with one attached hydrogen (secondary N) is 1. The van der Waals surface area contributed by atoms with Crippen LogP contribution in [0.3, 0.4) is 0 Å². The fraction of sp³-hybridized carbons (Fsp3) is 0.588. The molecule has 1 aromatic heterocycles. The lowest BCUT2D eigenvalue weighted by Gasteiger charge is -2.59. The number of carbonyl (C=O) groups excluding carboxylic acids is 1. The summed E-state index contributed by atoms with van der Waals surface area (Å²) >= 11 is 0. The van der Waals surface area contributed by atoms with Crippen LogP contribution >= 0.6 is 0 Å². The minimum atomic E-state index is -4.96. The van der Waals surface area contributed by atoms with E-state index in [9.17, 15) is 27.9 Å². The molecule has 7 aliphatic rings. The number of allylic oxidation sites excluding steroid dienone is 2. The molecule has 5 fully saturated rings. The highest BCUT2D eigenvalue weighted by atomic mass is 19.4. The number of nitrogens with zero attached hydrogens (tertiary/aromatic N) is 3. The predicted molar refractivity (Wildman–Crippen MR) is 159 cm³/mol. The third-order valence-corrected chi connectivity index (χ3v) is 11.8. The Hall–Kier alpha value is -3.47. The second-order valence-electron chi connectivity index (χ2n) is 14.2. The van der Waals surface area contributed by atoms with E-state index in [1.165, 1.54) is 5.57 Å². The van der Waals surface area contributed by atoms with E-state index >= 15 is 0 Å². The van der Waals surface area contributed by atoms with Crippen LogP contribution in [0.5, 0.6) is 0 Å². The fourth-order valence-corrected chi connectivity index (χ4v) is 9.84. The number of hydrogen-bond acceptors (Lipinski definition) is 6. The van der Waals surface area contributed by atoms with Gasteiger partial charge in [0.05, 0.1) is 5.56 Å². The number of carbonyl (C=O) groups is 2. The number of ether oxygens (including phenoxy) is 1. The second kappa shape index (κ2) is 10.3. The Kier molecular flexibility index (Phi) is 6.61. The number of halogens is 3. The summed E-state index contributed by atoms with van der Waals surface area (Å²) in [5.41, 5.74) is 0.280. The van der Waals surface area contributed by atoms with Gasteiger partial charge in [-0.15, -0.1) is 0 Å². The van der Waals surface area contributed by atoms with Crippen molar-refractivity contribution < 1.29 is 32.6 Å². The smallest absolute Gasteiger partial charge is 0.434 e.